The van der Waals surface area contributed by atoms with Crippen molar-refractivity contribution in [2.24, 2.45) is 0 Å². The highest BCUT2D eigenvalue weighted by atomic mass is 31.2. The molecule has 0 fully saturated rings. The Labute approximate surface area is 474 Å². The van der Waals surface area contributed by atoms with Crippen molar-refractivity contribution < 1.29 is 52.2 Å². The van der Waals surface area contributed by atoms with E-state index in [4.69, 9.17) is 23.3 Å². The van der Waals surface area contributed by atoms with Crippen molar-refractivity contribution in [2.75, 3.05) is 26.4 Å². The van der Waals surface area contributed by atoms with Crippen LogP contribution in [-0.2, 0) is 42.2 Å². The van der Waals surface area contributed by atoms with Crippen molar-refractivity contribution in [3.8, 4) is 0 Å². The predicted molar refractivity (Wildman–Crippen MR) is 325 cm³/mol. The van der Waals surface area contributed by atoms with Gasteiger partial charge in [-0.3, -0.25) is 23.4 Å². The molecule has 0 aromatic rings. The quantitative estimate of drug-likeness (QED) is 0.0197. The highest BCUT2D eigenvalue weighted by Gasteiger charge is 2.28. The number of ether oxygens (including phenoxy) is 3. The SMILES string of the molecule is CC/C=C\C/C=C\C/C=C\C/C=C\C/C=C\C/C=C\CCC(=O)OC(COC(=O)CCCCCCC/C=C\C/C=C\C/C=C\CC)COP(=O)(O)OCC(CO)OC(=O)CCCCCCCCC/C=C\C/C=C\CCCCC. The maximum absolute atomic E-state index is 12.9. The normalized spacial score (nSPS) is 14.3. The van der Waals surface area contributed by atoms with E-state index in [1.54, 1.807) is 0 Å². The van der Waals surface area contributed by atoms with Crippen molar-refractivity contribution >= 4 is 25.7 Å². The van der Waals surface area contributed by atoms with Gasteiger partial charge < -0.3 is 24.2 Å². The third kappa shape index (κ3) is 56.3. The minimum Gasteiger partial charge on any atom is -0.462 e. The lowest BCUT2D eigenvalue weighted by Gasteiger charge is -2.21. The van der Waals surface area contributed by atoms with Crippen LogP contribution in [0.1, 0.15) is 226 Å². The number of aliphatic hydroxyl groups is 1. The van der Waals surface area contributed by atoms with E-state index >= 15 is 0 Å². The molecule has 0 saturated heterocycles. The molecule has 0 radical (unpaired) electrons. The zero-order chi connectivity index (χ0) is 56.9. The van der Waals surface area contributed by atoms with Crippen LogP contribution in [-0.4, -0.2) is 66.5 Å². The van der Waals surface area contributed by atoms with Crippen LogP contribution in [0.3, 0.4) is 0 Å². The fourth-order valence-corrected chi connectivity index (χ4v) is 8.33. The molecule has 442 valence electrons. The van der Waals surface area contributed by atoms with E-state index in [0.29, 0.717) is 25.7 Å². The second-order valence-electron chi connectivity index (χ2n) is 19.4. The molecule has 0 heterocycles. The number of unbranched alkanes of at least 4 members (excludes halogenated alkanes) is 15. The van der Waals surface area contributed by atoms with Crippen molar-refractivity contribution in [3.63, 3.8) is 0 Å². The molecule has 78 heavy (non-hydrogen) atoms. The second kappa shape index (κ2) is 58.8. The van der Waals surface area contributed by atoms with Crippen molar-refractivity contribution in [2.45, 2.75) is 238 Å². The molecule has 0 aromatic carbocycles. The lowest BCUT2D eigenvalue weighted by Crippen LogP contribution is -2.30. The van der Waals surface area contributed by atoms with E-state index < -0.39 is 57.8 Å². The van der Waals surface area contributed by atoms with Gasteiger partial charge in [-0.1, -0.05) is 219 Å². The topological polar surface area (TPSA) is 155 Å². The Hall–Kier alpha value is -4.38. The second-order valence-corrected chi connectivity index (χ2v) is 20.8. The maximum Gasteiger partial charge on any atom is 0.472 e. The van der Waals surface area contributed by atoms with Gasteiger partial charge in [0.25, 0.3) is 0 Å². The number of hydrogen-bond donors (Lipinski definition) is 2. The average molecular weight is 1110 g/mol. The maximum atomic E-state index is 12.9. The highest BCUT2D eigenvalue weighted by molar-refractivity contribution is 7.47. The summed E-state index contributed by atoms with van der Waals surface area (Å²) in [5.74, 6) is -1.61. The molecule has 3 atom stereocenters. The number of phosphoric ester groups is 1. The summed E-state index contributed by atoms with van der Waals surface area (Å²) in [7, 11) is -4.79. The molecular formula is C66H107O11P. The molecule has 0 spiro atoms. The van der Waals surface area contributed by atoms with Crippen LogP contribution in [0.15, 0.2) is 134 Å². The van der Waals surface area contributed by atoms with Gasteiger partial charge in [0.05, 0.1) is 19.8 Å². The number of esters is 3. The van der Waals surface area contributed by atoms with Crippen molar-refractivity contribution in [1.82, 2.24) is 0 Å². The number of carbonyl (C=O) groups is 3. The molecule has 2 N–H and O–H groups in total. The van der Waals surface area contributed by atoms with Gasteiger partial charge in [0, 0.05) is 19.3 Å². The minimum absolute atomic E-state index is 0.0309. The number of aliphatic hydroxyl groups excluding tert-OH is 1. The lowest BCUT2D eigenvalue weighted by molar-refractivity contribution is -0.161. The molecule has 0 saturated carbocycles. The van der Waals surface area contributed by atoms with E-state index in [2.05, 4.69) is 142 Å². The molecule has 0 bridgehead atoms. The van der Waals surface area contributed by atoms with Crippen LogP contribution >= 0.6 is 7.82 Å². The fraction of sp³-hybridized carbons (Fsp3) is 0.621. The van der Waals surface area contributed by atoms with Crippen LogP contribution < -0.4 is 0 Å². The summed E-state index contributed by atoms with van der Waals surface area (Å²) in [6, 6.07) is 0. The Morgan fingerprint density at radius 2 is 0.692 bits per heavy atom. The van der Waals surface area contributed by atoms with E-state index in [-0.39, 0.29) is 25.9 Å². The van der Waals surface area contributed by atoms with Gasteiger partial charge in [-0.15, -0.1) is 0 Å². The minimum atomic E-state index is -4.79. The van der Waals surface area contributed by atoms with E-state index in [1.807, 2.05) is 12.2 Å². The van der Waals surface area contributed by atoms with Gasteiger partial charge in [-0.05, 0) is 122 Å². The Morgan fingerprint density at radius 3 is 1.10 bits per heavy atom. The monoisotopic (exact) mass is 1110 g/mol. The van der Waals surface area contributed by atoms with Gasteiger partial charge in [-0.2, -0.15) is 0 Å². The summed E-state index contributed by atoms with van der Waals surface area (Å²) in [6.07, 6.45) is 74.2. The summed E-state index contributed by atoms with van der Waals surface area (Å²) < 4.78 is 39.5. The van der Waals surface area contributed by atoms with E-state index in [9.17, 15) is 28.9 Å². The lowest BCUT2D eigenvalue weighted by atomic mass is 10.1. The van der Waals surface area contributed by atoms with Crippen LogP contribution in [0.5, 0.6) is 0 Å². The zero-order valence-corrected chi connectivity index (χ0v) is 49.7. The van der Waals surface area contributed by atoms with Gasteiger partial charge in [0.1, 0.15) is 12.7 Å². The molecular weight excluding hydrogens is 1000 g/mol. The largest absolute Gasteiger partial charge is 0.472 e. The summed E-state index contributed by atoms with van der Waals surface area (Å²) in [6.45, 7) is 4.27. The number of allylic oxidation sites excluding steroid dienone is 22. The zero-order valence-electron chi connectivity index (χ0n) is 48.8. The summed E-state index contributed by atoms with van der Waals surface area (Å²) in [5.41, 5.74) is 0. The third-order valence-electron chi connectivity index (χ3n) is 12.1. The number of phosphoric acid groups is 1. The number of carbonyl (C=O) groups excluding carboxylic acids is 3. The highest BCUT2D eigenvalue weighted by Crippen LogP contribution is 2.43. The summed E-state index contributed by atoms with van der Waals surface area (Å²) >= 11 is 0. The Balaban J connectivity index is 4.86. The molecule has 0 aromatic heterocycles. The van der Waals surface area contributed by atoms with Crippen LogP contribution in [0, 0.1) is 0 Å². The van der Waals surface area contributed by atoms with Crippen molar-refractivity contribution in [1.29, 1.82) is 0 Å². The molecule has 12 heteroatoms. The first kappa shape index (κ1) is 73.6. The molecule has 3 unspecified atom stereocenters. The first-order valence-corrected chi connectivity index (χ1v) is 31.6. The predicted octanol–water partition coefficient (Wildman–Crippen LogP) is 18.1. The van der Waals surface area contributed by atoms with Gasteiger partial charge in [0.2, 0.25) is 0 Å². The summed E-state index contributed by atoms with van der Waals surface area (Å²) in [4.78, 5) is 48.6. The first-order valence-electron chi connectivity index (χ1n) is 30.1. The van der Waals surface area contributed by atoms with Crippen LogP contribution in [0.4, 0.5) is 0 Å². The number of rotatable bonds is 54. The Morgan fingerprint density at radius 1 is 0.372 bits per heavy atom. The van der Waals surface area contributed by atoms with Gasteiger partial charge >= 0.3 is 25.7 Å². The van der Waals surface area contributed by atoms with Gasteiger partial charge in [0.15, 0.2) is 6.10 Å². The Kier molecular flexibility index (Phi) is 55.5. The molecule has 0 amide bonds. The van der Waals surface area contributed by atoms with Crippen molar-refractivity contribution in [3.05, 3.63) is 134 Å². The smallest absolute Gasteiger partial charge is 0.462 e. The van der Waals surface area contributed by atoms with Crippen LogP contribution in [0.25, 0.3) is 0 Å². The molecule has 0 aliphatic carbocycles. The van der Waals surface area contributed by atoms with E-state index in [0.717, 1.165) is 122 Å². The van der Waals surface area contributed by atoms with Crippen LogP contribution in [0.2, 0.25) is 0 Å². The average Bonchev–Trinajstić information content (AvgIpc) is 3.43. The molecule has 0 aliphatic heterocycles. The Bertz CT molecular complexity index is 1820. The third-order valence-corrected chi connectivity index (χ3v) is 13.0. The summed E-state index contributed by atoms with van der Waals surface area (Å²) in [5, 5.41) is 9.84. The van der Waals surface area contributed by atoms with E-state index in [1.165, 1.54) is 38.5 Å². The fourth-order valence-electron chi connectivity index (χ4n) is 7.54. The number of hydrogen-bond acceptors (Lipinski definition) is 10. The molecule has 0 aliphatic rings. The molecule has 0 rings (SSSR count). The standard InChI is InChI=1S/C66H107O11P/c1-4-7-10-13-16-19-22-25-28-30-31-33-36-39-42-45-48-51-54-57-66(70)77-63(59-73-64(68)55-52-49-46-43-40-37-34-27-24-21-18-15-12-9-6-3)61-75-78(71,72)74-60-62(58-67)76-65(69)56-53-50-47-44-41-38-35-32-29-26-23-20-17-14-11-8-5-2/h7,9-10,12,16-21,25-29,31,33-34,39,42,48,51,62-63,67H,4-6,8,11,13-15,22-24,30,32,35-38,40-41,43-47,49-50,52-61H2,1-3H3,(H,71,72)/b10-7-,12-9-,19-16-,20-17-,21-18-,28-25-,29-26-,33-31-,34-27-,42-39-,51-48-. The van der Waals surface area contributed by atoms with Gasteiger partial charge in [-0.25, -0.2) is 4.57 Å². The first-order chi connectivity index (χ1) is 38.2. The molecule has 11 nitrogen and oxygen atoms in total.